The minimum Gasteiger partial charge on any atom is -0.497 e. The van der Waals surface area contributed by atoms with E-state index >= 15 is 0 Å². The number of rotatable bonds is 4. The Kier molecular flexibility index (Phi) is 6.19. The summed E-state index contributed by atoms with van der Waals surface area (Å²) < 4.78 is 9.57. The lowest BCUT2D eigenvalue weighted by Crippen LogP contribution is -2.38. The molecule has 196 valence electrons. The molecule has 3 heterocycles. The number of carbonyl (C=O) groups excluding carboxylic acids is 1. The van der Waals surface area contributed by atoms with Crippen molar-refractivity contribution in [1.82, 2.24) is 19.2 Å². The summed E-state index contributed by atoms with van der Waals surface area (Å²) in [5.41, 5.74) is 7.81. The zero-order valence-corrected chi connectivity index (χ0v) is 22.6. The van der Waals surface area contributed by atoms with Gasteiger partial charge in [-0.3, -0.25) is 0 Å². The Hall–Kier alpha value is -4.78. The number of amides is 2. The average molecular weight is 518 g/mol. The monoisotopic (exact) mass is 517 g/mol. The fraction of sp³-hybridized carbons (Fsp3) is 0.188. The number of hydrogen-bond acceptors (Lipinski definition) is 3. The maximum atomic E-state index is 14.1. The molecule has 1 N–H and O–H groups in total. The van der Waals surface area contributed by atoms with Gasteiger partial charge in [-0.15, -0.1) is 0 Å². The Morgan fingerprint density at radius 3 is 2.44 bits per heavy atom. The topological polar surface area (TPSA) is 64.3 Å². The maximum absolute atomic E-state index is 14.1. The summed E-state index contributed by atoms with van der Waals surface area (Å²) in [6.45, 7) is 6.47. The molecule has 2 aromatic heterocycles. The van der Waals surface area contributed by atoms with Gasteiger partial charge < -0.3 is 19.5 Å². The molecular weight excluding hydrogens is 486 g/mol. The lowest BCUT2D eigenvalue weighted by atomic mass is 10.0. The van der Waals surface area contributed by atoms with E-state index in [9.17, 15) is 4.79 Å². The van der Waals surface area contributed by atoms with E-state index < -0.39 is 0 Å². The molecule has 6 rings (SSSR count). The molecule has 2 amide bonds. The molecule has 0 saturated heterocycles. The van der Waals surface area contributed by atoms with Crippen molar-refractivity contribution in [2.45, 2.75) is 33.4 Å². The number of methoxy groups -OCH3 is 1. The van der Waals surface area contributed by atoms with Crippen LogP contribution in [-0.4, -0.2) is 32.4 Å². The molecule has 7 heteroatoms. The predicted octanol–water partition coefficient (Wildman–Crippen LogP) is 6.73. The van der Waals surface area contributed by atoms with Crippen LogP contribution in [0.15, 0.2) is 91.1 Å². The van der Waals surface area contributed by atoms with Crippen molar-refractivity contribution in [1.29, 1.82) is 0 Å². The molecule has 0 fully saturated rings. The van der Waals surface area contributed by atoms with E-state index in [0.29, 0.717) is 6.54 Å². The van der Waals surface area contributed by atoms with Gasteiger partial charge in [-0.1, -0.05) is 48.0 Å². The number of aromatic nitrogens is 3. The van der Waals surface area contributed by atoms with E-state index in [2.05, 4.69) is 35.1 Å². The SMILES string of the molecule is COc1ccc([C@H]2c3cccn3-c3c(c(C)nn3-c3ccccc3)CN2C(=O)Nc2ccc(C)cc2C)cc1. The van der Waals surface area contributed by atoms with E-state index in [-0.39, 0.29) is 12.1 Å². The first-order valence-corrected chi connectivity index (χ1v) is 13.0. The smallest absolute Gasteiger partial charge is 0.322 e. The summed E-state index contributed by atoms with van der Waals surface area (Å²) in [7, 11) is 1.66. The van der Waals surface area contributed by atoms with Crippen LogP contribution in [-0.2, 0) is 6.54 Å². The number of ether oxygens (including phenoxy) is 1. The van der Waals surface area contributed by atoms with E-state index in [1.807, 2.05) is 96.2 Å². The number of nitrogens with zero attached hydrogens (tertiary/aromatic N) is 4. The molecule has 0 radical (unpaired) electrons. The molecule has 1 aliphatic heterocycles. The van der Waals surface area contributed by atoms with Crippen molar-refractivity contribution in [2.24, 2.45) is 0 Å². The van der Waals surface area contributed by atoms with Crippen LogP contribution in [0, 0.1) is 20.8 Å². The largest absolute Gasteiger partial charge is 0.497 e. The Morgan fingerprint density at radius 1 is 0.949 bits per heavy atom. The Balaban J connectivity index is 1.52. The summed E-state index contributed by atoms with van der Waals surface area (Å²) in [5.74, 6) is 1.71. The van der Waals surface area contributed by atoms with Crippen LogP contribution < -0.4 is 10.1 Å². The summed E-state index contributed by atoms with van der Waals surface area (Å²) in [5, 5.41) is 8.12. The van der Waals surface area contributed by atoms with Crippen molar-refractivity contribution >= 4 is 11.7 Å². The van der Waals surface area contributed by atoms with Gasteiger partial charge in [0, 0.05) is 17.4 Å². The second-order valence-electron chi connectivity index (χ2n) is 9.99. The molecule has 0 aliphatic carbocycles. The van der Waals surface area contributed by atoms with Gasteiger partial charge in [0.05, 0.1) is 36.8 Å². The third kappa shape index (κ3) is 4.36. The van der Waals surface area contributed by atoms with Crippen LogP contribution in [0.5, 0.6) is 5.75 Å². The maximum Gasteiger partial charge on any atom is 0.322 e. The summed E-state index contributed by atoms with van der Waals surface area (Å²) in [4.78, 5) is 16.1. The third-order valence-corrected chi connectivity index (χ3v) is 7.40. The number of anilines is 1. The molecule has 0 bridgehead atoms. The van der Waals surface area contributed by atoms with Gasteiger partial charge in [0.15, 0.2) is 0 Å². The van der Waals surface area contributed by atoms with Gasteiger partial charge in [0.2, 0.25) is 0 Å². The van der Waals surface area contributed by atoms with Gasteiger partial charge in [0.1, 0.15) is 11.6 Å². The van der Waals surface area contributed by atoms with Crippen molar-refractivity contribution in [3.8, 4) is 17.3 Å². The lowest BCUT2D eigenvalue weighted by molar-refractivity contribution is 0.194. The van der Waals surface area contributed by atoms with E-state index in [1.165, 1.54) is 0 Å². The molecule has 1 atom stereocenters. The second-order valence-corrected chi connectivity index (χ2v) is 9.99. The van der Waals surface area contributed by atoms with Crippen molar-refractivity contribution < 1.29 is 9.53 Å². The predicted molar refractivity (Wildman–Crippen MR) is 153 cm³/mol. The van der Waals surface area contributed by atoms with E-state index in [4.69, 9.17) is 9.84 Å². The van der Waals surface area contributed by atoms with Crippen LogP contribution >= 0.6 is 0 Å². The second kappa shape index (κ2) is 9.83. The number of aryl methyl sites for hydroxylation is 3. The van der Waals surface area contributed by atoms with Gasteiger partial charge in [0.25, 0.3) is 0 Å². The quantitative estimate of drug-likeness (QED) is 0.287. The van der Waals surface area contributed by atoms with Gasteiger partial charge in [-0.25, -0.2) is 9.48 Å². The molecule has 3 aromatic carbocycles. The highest BCUT2D eigenvalue weighted by Gasteiger charge is 2.36. The zero-order valence-electron chi connectivity index (χ0n) is 22.6. The highest BCUT2D eigenvalue weighted by atomic mass is 16.5. The number of fused-ring (bicyclic) bond motifs is 3. The molecule has 0 spiro atoms. The molecule has 5 aromatic rings. The van der Waals surface area contributed by atoms with Crippen molar-refractivity contribution in [3.05, 3.63) is 125 Å². The minimum absolute atomic E-state index is 0.171. The highest BCUT2D eigenvalue weighted by molar-refractivity contribution is 5.91. The van der Waals surface area contributed by atoms with Gasteiger partial charge in [-0.2, -0.15) is 5.10 Å². The fourth-order valence-corrected chi connectivity index (χ4v) is 5.43. The van der Waals surface area contributed by atoms with Crippen LogP contribution in [0.4, 0.5) is 10.5 Å². The normalized spacial score (nSPS) is 14.4. The van der Waals surface area contributed by atoms with Gasteiger partial charge >= 0.3 is 6.03 Å². The summed E-state index contributed by atoms with van der Waals surface area (Å²) in [6.07, 6.45) is 2.05. The fourth-order valence-electron chi connectivity index (χ4n) is 5.43. The minimum atomic E-state index is -0.340. The van der Waals surface area contributed by atoms with Crippen molar-refractivity contribution in [2.75, 3.05) is 12.4 Å². The number of hydrogen-bond donors (Lipinski definition) is 1. The van der Waals surface area contributed by atoms with Crippen LogP contribution in [0.1, 0.15) is 39.7 Å². The first-order valence-electron chi connectivity index (χ1n) is 13.0. The average Bonchev–Trinajstić information content (AvgIpc) is 3.51. The Bertz CT molecular complexity index is 1650. The number of nitrogens with one attached hydrogen (secondary N) is 1. The number of para-hydroxylation sites is 1. The standard InChI is InChI=1S/C32H31N5O2/c1-21-12-17-28(22(2)19-21)33-32(38)36-20-27-23(3)34-37(25-9-6-5-7-10-25)31(27)35-18-8-11-29(35)30(36)24-13-15-26(39-4)16-14-24/h5-19,30H,20H2,1-4H3,(H,33,38)/t30-/m0/s1. The molecular formula is C32H31N5O2. The highest BCUT2D eigenvalue weighted by Crippen LogP contribution is 2.39. The van der Waals surface area contributed by atoms with Crippen LogP contribution in [0.2, 0.25) is 0 Å². The Morgan fingerprint density at radius 2 is 1.72 bits per heavy atom. The molecule has 0 saturated carbocycles. The first kappa shape index (κ1) is 24.6. The molecule has 7 nitrogen and oxygen atoms in total. The number of urea groups is 1. The number of carbonyl (C=O) groups is 1. The summed E-state index contributed by atoms with van der Waals surface area (Å²) in [6, 6.07) is 27.7. The molecule has 1 aliphatic rings. The number of benzene rings is 3. The van der Waals surface area contributed by atoms with E-state index in [1.54, 1.807) is 7.11 Å². The van der Waals surface area contributed by atoms with Crippen LogP contribution in [0.3, 0.4) is 0 Å². The van der Waals surface area contributed by atoms with E-state index in [0.717, 1.165) is 56.6 Å². The Labute approximate surface area is 228 Å². The van der Waals surface area contributed by atoms with Crippen molar-refractivity contribution in [3.63, 3.8) is 0 Å². The lowest BCUT2D eigenvalue weighted by Gasteiger charge is -2.31. The first-order chi connectivity index (χ1) is 18.9. The van der Waals surface area contributed by atoms with Gasteiger partial charge in [-0.05, 0) is 74.4 Å². The molecule has 39 heavy (non-hydrogen) atoms. The molecule has 0 unspecified atom stereocenters. The summed E-state index contributed by atoms with van der Waals surface area (Å²) >= 11 is 0. The van der Waals surface area contributed by atoms with Crippen LogP contribution in [0.25, 0.3) is 11.5 Å². The zero-order chi connectivity index (χ0) is 27.1. The third-order valence-electron chi connectivity index (χ3n) is 7.40.